The molecule has 0 bridgehead atoms. The number of rotatable bonds is 7. The monoisotopic (exact) mass is 363 g/mol. The molecule has 1 atom stereocenters. The zero-order valence-electron chi connectivity index (χ0n) is 17.0. The van der Waals surface area contributed by atoms with Gasteiger partial charge in [-0.15, -0.1) is 0 Å². The largest absolute Gasteiger partial charge is 0.493 e. The van der Waals surface area contributed by atoms with E-state index >= 15 is 0 Å². The Bertz CT molecular complexity index is 616. The number of ether oxygens (including phenoxy) is 3. The Kier molecular flexibility index (Phi) is 7.14. The van der Waals surface area contributed by atoms with Crippen LogP contribution in [0.15, 0.2) is 23.2 Å². The van der Waals surface area contributed by atoms with Gasteiger partial charge in [0.2, 0.25) is 0 Å². The van der Waals surface area contributed by atoms with Gasteiger partial charge in [-0.1, -0.05) is 19.9 Å². The summed E-state index contributed by atoms with van der Waals surface area (Å²) in [4.78, 5) is 6.78. The minimum absolute atomic E-state index is 0.0822. The van der Waals surface area contributed by atoms with Gasteiger partial charge < -0.3 is 24.4 Å². The summed E-state index contributed by atoms with van der Waals surface area (Å²) in [5.41, 5.74) is 1.11. The molecule has 1 aliphatic rings. The van der Waals surface area contributed by atoms with E-state index in [-0.39, 0.29) is 5.41 Å². The molecule has 1 aromatic rings. The number of nitrogens with one attached hydrogen (secondary N) is 1. The van der Waals surface area contributed by atoms with Crippen LogP contribution >= 0.6 is 0 Å². The first-order chi connectivity index (χ1) is 12.4. The Hall–Kier alpha value is -1.95. The van der Waals surface area contributed by atoms with E-state index in [1.54, 1.807) is 21.3 Å². The molecule has 6 nitrogen and oxygen atoms in total. The molecule has 0 radical (unpaired) electrons. The highest BCUT2D eigenvalue weighted by atomic mass is 16.5. The smallest absolute Gasteiger partial charge is 0.193 e. The van der Waals surface area contributed by atoms with E-state index in [1.165, 1.54) is 5.56 Å². The van der Waals surface area contributed by atoms with Crippen molar-refractivity contribution in [3.63, 3.8) is 0 Å². The van der Waals surface area contributed by atoms with Crippen molar-refractivity contribution in [1.29, 1.82) is 0 Å². The molecule has 1 aliphatic heterocycles. The molecular weight excluding hydrogens is 330 g/mol. The molecule has 1 heterocycles. The molecule has 0 aliphatic carbocycles. The third-order valence-electron chi connectivity index (χ3n) is 5.05. The Morgan fingerprint density at radius 3 is 2.58 bits per heavy atom. The second-order valence-electron chi connectivity index (χ2n) is 7.41. The van der Waals surface area contributed by atoms with Gasteiger partial charge in [-0.25, -0.2) is 0 Å². The van der Waals surface area contributed by atoms with Crippen LogP contribution in [0.4, 0.5) is 0 Å². The van der Waals surface area contributed by atoms with Crippen LogP contribution in [0.2, 0.25) is 0 Å². The van der Waals surface area contributed by atoms with E-state index in [0.29, 0.717) is 5.92 Å². The van der Waals surface area contributed by atoms with E-state index in [4.69, 9.17) is 14.2 Å². The van der Waals surface area contributed by atoms with Crippen molar-refractivity contribution < 1.29 is 14.2 Å². The highest BCUT2D eigenvalue weighted by Crippen LogP contribution is 2.33. The lowest BCUT2D eigenvalue weighted by Crippen LogP contribution is -2.45. The summed E-state index contributed by atoms with van der Waals surface area (Å²) in [6, 6.07) is 6.10. The average molecular weight is 364 g/mol. The fourth-order valence-corrected chi connectivity index (χ4v) is 3.39. The van der Waals surface area contributed by atoms with Crippen LogP contribution < -0.4 is 14.8 Å². The van der Waals surface area contributed by atoms with Crippen molar-refractivity contribution in [3.05, 3.63) is 23.8 Å². The van der Waals surface area contributed by atoms with E-state index in [2.05, 4.69) is 35.1 Å². The predicted molar refractivity (Wildman–Crippen MR) is 105 cm³/mol. The lowest BCUT2D eigenvalue weighted by atomic mass is 9.84. The summed E-state index contributed by atoms with van der Waals surface area (Å²) in [5.74, 6) is 3.04. The number of guanidine groups is 1. The molecule has 0 spiro atoms. The lowest BCUT2D eigenvalue weighted by molar-refractivity contribution is 0.157. The number of benzene rings is 1. The van der Waals surface area contributed by atoms with Gasteiger partial charge in [0, 0.05) is 45.1 Å². The molecule has 1 saturated heterocycles. The highest BCUT2D eigenvalue weighted by Gasteiger charge is 2.27. The van der Waals surface area contributed by atoms with Gasteiger partial charge in [-0.3, -0.25) is 4.99 Å². The van der Waals surface area contributed by atoms with Gasteiger partial charge >= 0.3 is 0 Å². The van der Waals surface area contributed by atoms with E-state index < -0.39 is 0 Å². The first kappa shape index (κ1) is 20.4. The summed E-state index contributed by atoms with van der Waals surface area (Å²) < 4.78 is 16.1. The Morgan fingerprint density at radius 1 is 1.23 bits per heavy atom. The van der Waals surface area contributed by atoms with Crippen LogP contribution in [0.5, 0.6) is 11.5 Å². The second kappa shape index (κ2) is 9.12. The van der Waals surface area contributed by atoms with E-state index in [1.807, 2.05) is 19.2 Å². The summed E-state index contributed by atoms with van der Waals surface area (Å²) in [6.45, 7) is 8.03. The number of nitrogens with zero attached hydrogens (tertiary/aromatic N) is 2. The van der Waals surface area contributed by atoms with Crippen molar-refractivity contribution in [2.24, 2.45) is 10.9 Å². The SMILES string of the molecule is CN=C(NCC(C)(C)c1ccc(OC)c(OC)c1)N1CCC(COC)C1. The standard InChI is InChI=1S/C20H33N3O3/c1-20(2,16-7-8-17(25-5)18(11-16)26-6)14-22-19(21-3)23-10-9-15(12-23)13-24-4/h7-8,11,15H,9-10,12-14H2,1-6H3,(H,21,22). The van der Waals surface area contributed by atoms with E-state index in [0.717, 1.165) is 50.1 Å². The molecular formula is C20H33N3O3. The molecule has 146 valence electrons. The third kappa shape index (κ3) is 4.81. The molecule has 1 fully saturated rings. The average Bonchev–Trinajstić information content (AvgIpc) is 3.10. The maximum atomic E-state index is 5.45. The highest BCUT2D eigenvalue weighted by molar-refractivity contribution is 5.80. The van der Waals surface area contributed by atoms with Crippen LogP contribution in [0.1, 0.15) is 25.8 Å². The van der Waals surface area contributed by atoms with Crippen LogP contribution in [0.25, 0.3) is 0 Å². The quantitative estimate of drug-likeness (QED) is 0.596. The number of methoxy groups -OCH3 is 3. The van der Waals surface area contributed by atoms with Crippen LogP contribution in [0, 0.1) is 5.92 Å². The minimum Gasteiger partial charge on any atom is -0.493 e. The molecule has 26 heavy (non-hydrogen) atoms. The maximum Gasteiger partial charge on any atom is 0.193 e. The predicted octanol–water partition coefficient (Wildman–Crippen LogP) is 2.53. The van der Waals surface area contributed by atoms with Crippen LogP contribution in [0.3, 0.4) is 0 Å². The summed E-state index contributed by atoms with van der Waals surface area (Å²) >= 11 is 0. The van der Waals surface area contributed by atoms with Crippen molar-refractivity contribution in [2.75, 3.05) is 54.6 Å². The topological polar surface area (TPSA) is 55.3 Å². The normalized spacial score (nSPS) is 18.2. The Morgan fingerprint density at radius 2 is 1.96 bits per heavy atom. The van der Waals surface area contributed by atoms with Gasteiger partial charge in [0.15, 0.2) is 17.5 Å². The van der Waals surface area contributed by atoms with E-state index in [9.17, 15) is 0 Å². The second-order valence-corrected chi connectivity index (χ2v) is 7.41. The van der Waals surface area contributed by atoms with Gasteiger partial charge in [0.25, 0.3) is 0 Å². The fraction of sp³-hybridized carbons (Fsp3) is 0.650. The first-order valence-corrected chi connectivity index (χ1v) is 9.12. The number of hydrogen-bond acceptors (Lipinski definition) is 4. The molecule has 2 rings (SSSR count). The maximum absolute atomic E-state index is 5.45. The van der Waals surface area contributed by atoms with Gasteiger partial charge in [-0.05, 0) is 24.1 Å². The lowest BCUT2D eigenvalue weighted by Gasteiger charge is -2.29. The zero-order valence-corrected chi connectivity index (χ0v) is 17.0. The fourth-order valence-electron chi connectivity index (χ4n) is 3.39. The van der Waals surface area contributed by atoms with Gasteiger partial charge in [0.05, 0.1) is 20.8 Å². The van der Waals surface area contributed by atoms with Crippen molar-refractivity contribution >= 4 is 5.96 Å². The molecule has 0 amide bonds. The molecule has 6 heteroatoms. The number of aliphatic imine (C=N–C) groups is 1. The van der Waals surface area contributed by atoms with Crippen molar-refractivity contribution in [1.82, 2.24) is 10.2 Å². The molecule has 0 saturated carbocycles. The van der Waals surface area contributed by atoms with Gasteiger partial charge in [-0.2, -0.15) is 0 Å². The van der Waals surface area contributed by atoms with Crippen LogP contribution in [-0.2, 0) is 10.2 Å². The van der Waals surface area contributed by atoms with Crippen LogP contribution in [-0.4, -0.2) is 65.5 Å². The molecule has 1 N–H and O–H groups in total. The Balaban J connectivity index is 2.02. The summed E-state index contributed by atoms with van der Waals surface area (Å²) in [5, 5.41) is 3.54. The van der Waals surface area contributed by atoms with Gasteiger partial charge in [0.1, 0.15) is 0 Å². The molecule has 0 aromatic heterocycles. The molecule has 1 aromatic carbocycles. The van der Waals surface area contributed by atoms with Crippen molar-refractivity contribution in [2.45, 2.75) is 25.7 Å². The van der Waals surface area contributed by atoms with Crippen molar-refractivity contribution in [3.8, 4) is 11.5 Å². The minimum atomic E-state index is -0.0822. The summed E-state index contributed by atoms with van der Waals surface area (Å²) in [6.07, 6.45) is 1.15. The molecule has 1 unspecified atom stereocenters. The number of likely N-dealkylation sites (tertiary alicyclic amines) is 1. The first-order valence-electron chi connectivity index (χ1n) is 9.12. The summed E-state index contributed by atoms with van der Waals surface area (Å²) in [7, 11) is 6.93. The number of hydrogen-bond donors (Lipinski definition) is 1. The zero-order chi connectivity index (χ0) is 19.2. The third-order valence-corrected chi connectivity index (χ3v) is 5.05. The Labute approximate surface area is 157 Å².